The van der Waals surface area contributed by atoms with Gasteiger partial charge in [-0.25, -0.2) is 0 Å². The van der Waals surface area contributed by atoms with Crippen LogP contribution in [-0.2, 0) is 9.47 Å². The standard InChI is InChI=1S/C21H34O3/c1-19-9-10-21(23-11-12-24-21)13-14(19)3-4-15-16-5-6-18(22)20(16,2)8-7-17(15)19/h14-18,22H,3-13H2,1-2H3/t14-,15-,16+,17-,18+,19-,20+/m0/s1. The summed E-state index contributed by atoms with van der Waals surface area (Å²) in [7, 11) is 0. The molecule has 1 aliphatic heterocycles. The molecule has 1 saturated heterocycles. The van der Waals surface area contributed by atoms with Gasteiger partial charge in [0.25, 0.3) is 0 Å². The smallest absolute Gasteiger partial charge is 0.168 e. The molecule has 0 aromatic carbocycles. The van der Waals surface area contributed by atoms with Crippen LogP contribution in [0.15, 0.2) is 0 Å². The highest BCUT2D eigenvalue weighted by Gasteiger charge is 2.61. The molecule has 4 aliphatic carbocycles. The molecule has 5 rings (SSSR count). The van der Waals surface area contributed by atoms with Gasteiger partial charge in [-0.1, -0.05) is 13.8 Å². The highest BCUT2D eigenvalue weighted by molar-refractivity contribution is 5.10. The first-order chi connectivity index (χ1) is 11.5. The first-order valence-corrected chi connectivity index (χ1v) is 10.4. The molecule has 5 fully saturated rings. The summed E-state index contributed by atoms with van der Waals surface area (Å²) in [6.07, 6.45) is 11.0. The minimum absolute atomic E-state index is 0.0520. The van der Waals surface area contributed by atoms with Gasteiger partial charge in [0, 0.05) is 12.8 Å². The third-order valence-electron chi connectivity index (χ3n) is 9.43. The van der Waals surface area contributed by atoms with Gasteiger partial charge in [0.05, 0.1) is 19.3 Å². The van der Waals surface area contributed by atoms with Gasteiger partial charge in [0.1, 0.15) is 0 Å². The molecule has 0 aromatic rings. The Hall–Kier alpha value is -0.120. The van der Waals surface area contributed by atoms with Crippen molar-refractivity contribution < 1.29 is 14.6 Å². The second-order valence-corrected chi connectivity index (χ2v) is 10.1. The van der Waals surface area contributed by atoms with E-state index in [1.54, 1.807) is 0 Å². The SMILES string of the molecule is C[C@@]12CC[C@H]3[C@@H](CC[C@H]4CC5(CC[C@@]43C)OCCO5)[C@H]1CC[C@H]2O. The zero-order valence-electron chi connectivity index (χ0n) is 15.4. The Morgan fingerprint density at radius 3 is 2.33 bits per heavy atom. The third-order valence-corrected chi connectivity index (χ3v) is 9.43. The molecule has 1 heterocycles. The second kappa shape index (κ2) is 5.20. The average Bonchev–Trinajstić information content (AvgIpc) is 3.14. The molecule has 0 aromatic heterocycles. The maximum absolute atomic E-state index is 10.6. The van der Waals surface area contributed by atoms with E-state index in [0.717, 1.165) is 56.1 Å². The lowest BCUT2D eigenvalue weighted by atomic mass is 9.45. The van der Waals surface area contributed by atoms with Crippen molar-refractivity contribution in [3.8, 4) is 0 Å². The Morgan fingerprint density at radius 1 is 0.792 bits per heavy atom. The summed E-state index contributed by atoms with van der Waals surface area (Å²) in [5.41, 5.74) is 0.677. The molecule has 0 amide bonds. The quantitative estimate of drug-likeness (QED) is 0.724. The molecule has 7 atom stereocenters. The van der Waals surface area contributed by atoms with Crippen molar-refractivity contribution in [1.29, 1.82) is 0 Å². The summed E-state index contributed by atoms with van der Waals surface area (Å²) in [6.45, 7) is 6.54. The largest absolute Gasteiger partial charge is 0.393 e. The molecular weight excluding hydrogens is 300 g/mol. The van der Waals surface area contributed by atoms with Crippen LogP contribution in [-0.4, -0.2) is 30.2 Å². The first-order valence-electron chi connectivity index (χ1n) is 10.4. The molecule has 3 heteroatoms. The second-order valence-electron chi connectivity index (χ2n) is 10.1. The Morgan fingerprint density at radius 2 is 1.54 bits per heavy atom. The zero-order chi connectivity index (χ0) is 16.6. The zero-order valence-corrected chi connectivity index (χ0v) is 15.4. The number of fused-ring (bicyclic) bond motifs is 5. The number of hydrogen-bond acceptors (Lipinski definition) is 3. The lowest BCUT2D eigenvalue weighted by molar-refractivity contribution is -0.230. The minimum Gasteiger partial charge on any atom is -0.393 e. The summed E-state index contributed by atoms with van der Waals surface area (Å²) in [5.74, 6) is 3.00. The molecule has 0 unspecified atom stereocenters. The van der Waals surface area contributed by atoms with Crippen molar-refractivity contribution in [2.45, 2.75) is 83.5 Å². The Balaban J connectivity index is 1.41. The molecule has 24 heavy (non-hydrogen) atoms. The molecule has 0 bridgehead atoms. The van der Waals surface area contributed by atoms with Crippen molar-refractivity contribution in [3.05, 3.63) is 0 Å². The van der Waals surface area contributed by atoms with Crippen LogP contribution in [0.25, 0.3) is 0 Å². The van der Waals surface area contributed by atoms with E-state index in [0.29, 0.717) is 5.41 Å². The number of ether oxygens (including phenoxy) is 2. The molecule has 5 aliphatic rings. The number of rotatable bonds is 0. The van der Waals surface area contributed by atoms with E-state index in [9.17, 15) is 5.11 Å². The van der Waals surface area contributed by atoms with Gasteiger partial charge in [-0.3, -0.25) is 0 Å². The molecular formula is C21H34O3. The van der Waals surface area contributed by atoms with Crippen LogP contribution in [0, 0.1) is 34.5 Å². The van der Waals surface area contributed by atoms with Gasteiger partial charge in [0.2, 0.25) is 0 Å². The van der Waals surface area contributed by atoms with E-state index in [1.165, 1.54) is 38.5 Å². The number of aliphatic hydroxyl groups excluding tert-OH is 1. The van der Waals surface area contributed by atoms with Crippen LogP contribution >= 0.6 is 0 Å². The maximum atomic E-state index is 10.6. The molecule has 4 saturated carbocycles. The van der Waals surface area contributed by atoms with Gasteiger partial charge in [-0.15, -0.1) is 0 Å². The Labute approximate surface area is 146 Å². The normalized spacial score (nSPS) is 55.9. The molecule has 0 radical (unpaired) electrons. The van der Waals surface area contributed by atoms with Crippen molar-refractivity contribution in [1.82, 2.24) is 0 Å². The monoisotopic (exact) mass is 334 g/mol. The number of hydrogen-bond donors (Lipinski definition) is 1. The van der Waals surface area contributed by atoms with Crippen LogP contribution < -0.4 is 0 Å². The van der Waals surface area contributed by atoms with Crippen molar-refractivity contribution in [3.63, 3.8) is 0 Å². The van der Waals surface area contributed by atoms with Gasteiger partial charge in [0.15, 0.2) is 5.79 Å². The van der Waals surface area contributed by atoms with Crippen LogP contribution in [0.2, 0.25) is 0 Å². The van der Waals surface area contributed by atoms with E-state index in [1.807, 2.05) is 0 Å². The van der Waals surface area contributed by atoms with Crippen molar-refractivity contribution in [2.75, 3.05) is 13.2 Å². The topological polar surface area (TPSA) is 38.7 Å². The average molecular weight is 334 g/mol. The van der Waals surface area contributed by atoms with Crippen LogP contribution in [0.3, 0.4) is 0 Å². The van der Waals surface area contributed by atoms with Gasteiger partial charge >= 0.3 is 0 Å². The fraction of sp³-hybridized carbons (Fsp3) is 1.00. The molecule has 1 spiro atoms. The maximum Gasteiger partial charge on any atom is 0.168 e. The predicted octanol–water partition coefficient (Wildman–Crippen LogP) is 4.13. The summed E-state index contributed by atoms with van der Waals surface area (Å²) >= 11 is 0. The van der Waals surface area contributed by atoms with E-state index in [4.69, 9.17) is 9.47 Å². The molecule has 1 N–H and O–H groups in total. The Kier molecular flexibility index (Phi) is 3.49. The fourth-order valence-corrected chi connectivity index (χ4v) is 7.93. The van der Waals surface area contributed by atoms with Crippen LogP contribution in [0.5, 0.6) is 0 Å². The van der Waals surface area contributed by atoms with Gasteiger partial charge in [-0.05, 0) is 79.4 Å². The lowest BCUT2D eigenvalue weighted by Gasteiger charge is -2.61. The summed E-state index contributed by atoms with van der Waals surface area (Å²) in [6, 6.07) is 0. The highest BCUT2D eigenvalue weighted by atomic mass is 16.7. The minimum atomic E-state index is -0.232. The predicted molar refractivity (Wildman–Crippen MR) is 92.4 cm³/mol. The third kappa shape index (κ3) is 2.01. The first kappa shape index (κ1) is 16.1. The summed E-state index contributed by atoms with van der Waals surface area (Å²) in [5, 5.41) is 10.6. The summed E-state index contributed by atoms with van der Waals surface area (Å²) in [4.78, 5) is 0. The fourth-order valence-electron chi connectivity index (χ4n) is 7.93. The van der Waals surface area contributed by atoms with E-state index in [2.05, 4.69) is 13.8 Å². The van der Waals surface area contributed by atoms with Crippen LogP contribution in [0.1, 0.15) is 71.6 Å². The number of aliphatic hydroxyl groups is 1. The molecule has 136 valence electrons. The van der Waals surface area contributed by atoms with Gasteiger partial charge < -0.3 is 14.6 Å². The van der Waals surface area contributed by atoms with E-state index in [-0.39, 0.29) is 17.3 Å². The van der Waals surface area contributed by atoms with Crippen LogP contribution in [0.4, 0.5) is 0 Å². The summed E-state index contributed by atoms with van der Waals surface area (Å²) < 4.78 is 12.1. The highest BCUT2D eigenvalue weighted by Crippen LogP contribution is 2.67. The van der Waals surface area contributed by atoms with E-state index < -0.39 is 0 Å². The lowest BCUT2D eigenvalue weighted by Crippen LogP contribution is -2.56. The van der Waals surface area contributed by atoms with Crippen molar-refractivity contribution in [2.24, 2.45) is 34.5 Å². The van der Waals surface area contributed by atoms with Gasteiger partial charge in [-0.2, -0.15) is 0 Å². The Bertz CT molecular complexity index is 513. The van der Waals surface area contributed by atoms with Crippen molar-refractivity contribution >= 4 is 0 Å². The molecule has 3 nitrogen and oxygen atoms in total. The van der Waals surface area contributed by atoms with E-state index >= 15 is 0 Å².